The van der Waals surface area contributed by atoms with Crippen molar-refractivity contribution >= 4 is 17.8 Å². The van der Waals surface area contributed by atoms with Crippen LogP contribution in [-0.4, -0.2) is 18.2 Å². The quantitative estimate of drug-likeness (QED) is 0.915. The lowest BCUT2D eigenvalue weighted by molar-refractivity contribution is 0.409. The first kappa shape index (κ1) is 14.9. The second-order valence-electron chi connectivity index (χ2n) is 4.61. The molecule has 1 heterocycles. The molecule has 0 fully saturated rings. The monoisotopic (exact) mass is 285 g/mol. The summed E-state index contributed by atoms with van der Waals surface area (Å²) < 4.78 is 4.93. The average molecular weight is 285 g/mol. The van der Waals surface area contributed by atoms with Gasteiger partial charge in [-0.05, 0) is 49.8 Å². The molecule has 0 atom stereocenters. The maximum absolute atomic E-state index is 11.2. The molecule has 0 aliphatic rings. The van der Waals surface area contributed by atoms with Crippen molar-refractivity contribution in [2.24, 2.45) is 0 Å². The van der Waals surface area contributed by atoms with E-state index in [0.717, 1.165) is 18.7 Å². The molecule has 0 saturated heterocycles. The predicted octanol–water partition coefficient (Wildman–Crippen LogP) is 3.36. The molecule has 0 amide bonds. The zero-order valence-electron chi connectivity index (χ0n) is 12.2. The fourth-order valence-corrected chi connectivity index (χ4v) is 2.08. The molecule has 0 spiro atoms. The Labute approximate surface area is 124 Å². The largest absolute Gasteiger partial charge is 0.502 e. The maximum Gasteiger partial charge on any atom is 0.378 e. The van der Waals surface area contributed by atoms with Gasteiger partial charge in [0.2, 0.25) is 5.75 Å². The van der Waals surface area contributed by atoms with Gasteiger partial charge in [0.25, 0.3) is 0 Å². The van der Waals surface area contributed by atoms with Crippen LogP contribution in [0.3, 0.4) is 0 Å². The van der Waals surface area contributed by atoms with Crippen LogP contribution in [0.1, 0.15) is 25.2 Å². The van der Waals surface area contributed by atoms with Gasteiger partial charge in [-0.25, -0.2) is 4.79 Å². The third kappa shape index (κ3) is 3.75. The Bertz CT molecular complexity index is 667. The molecule has 0 saturated carbocycles. The molecule has 0 aliphatic heterocycles. The molecular weight excluding hydrogens is 266 g/mol. The van der Waals surface area contributed by atoms with Gasteiger partial charge in [-0.1, -0.05) is 18.2 Å². The lowest BCUT2D eigenvalue weighted by Gasteiger charge is -2.20. The third-order valence-corrected chi connectivity index (χ3v) is 3.29. The van der Waals surface area contributed by atoms with E-state index in [-0.39, 0.29) is 5.75 Å². The Balaban J connectivity index is 2.14. The number of hydrogen-bond donors (Lipinski definition) is 1. The third-order valence-electron chi connectivity index (χ3n) is 3.29. The predicted molar refractivity (Wildman–Crippen MR) is 85.6 cm³/mol. The highest BCUT2D eigenvalue weighted by molar-refractivity contribution is 5.68. The van der Waals surface area contributed by atoms with Gasteiger partial charge in [-0.15, -0.1) is 0 Å². The number of aromatic hydroxyl groups is 1. The van der Waals surface area contributed by atoms with Crippen LogP contribution in [0.5, 0.6) is 5.75 Å². The Kier molecular flexibility index (Phi) is 4.82. The van der Waals surface area contributed by atoms with E-state index >= 15 is 0 Å². The first-order valence-corrected chi connectivity index (χ1v) is 7.00. The summed E-state index contributed by atoms with van der Waals surface area (Å²) in [5.41, 5.74) is 1.48. The lowest BCUT2D eigenvalue weighted by Crippen LogP contribution is -2.21. The van der Waals surface area contributed by atoms with Crippen LogP contribution in [0.15, 0.2) is 45.6 Å². The van der Waals surface area contributed by atoms with Gasteiger partial charge in [0.1, 0.15) is 5.76 Å². The molecule has 110 valence electrons. The van der Waals surface area contributed by atoms with Gasteiger partial charge >= 0.3 is 5.63 Å². The summed E-state index contributed by atoms with van der Waals surface area (Å²) >= 11 is 0. The Morgan fingerprint density at radius 3 is 2.29 bits per heavy atom. The van der Waals surface area contributed by atoms with Crippen LogP contribution in [0.25, 0.3) is 12.2 Å². The molecule has 4 nitrogen and oxygen atoms in total. The van der Waals surface area contributed by atoms with E-state index in [4.69, 9.17) is 9.52 Å². The van der Waals surface area contributed by atoms with Crippen LogP contribution in [0, 0.1) is 0 Å². The summed E-state index contributed by atoms with van der Waals surface area (Å²) in [6.07, 6.45) is 3.56. The number of anilines is 1. The molecule has 2 aromatic rings. The van der Waals surface area contributed by atoms with Crippen molar-refractivity contribution in [3.05, 3.63) is 58.1 Å². The molecule has 1 N–H and O–H groups in total. The van der Waals surface area contributed by atoms with Crippen molar-refractivity contribution in [1.29, 1.82) is 0 Å². The van der Waals surface area contributed by atoms with Crippen molar-refractivity contribution in [3.63, 3.8) is 0 Å². The minimum absolute atomic E-state index is 0.379. The van der Waals surface area contributed by atoms with Crippen molar-refractivity contribution in [2.45, 2.75) is 13.8 Å². The first-order chi connectivity index (χ1) is 10.1. The second-order valence-corrected chi connectivity index (χ2v) is 4.61. The molecule has 0 aliphatic carbocycles. The molecule has 0 bridgehead atoms. The van der Waals surface area contributed by atoms with Crippen molar-refractivity contribution < 1.29 is 9.52 Å². The van der Waals surface area contributed by atoms with Crippen molar-refractivity contribution in [3.8, 4) is 5.75 Å². The fraction of sp³-hybridized carbons (Fsp3) is 0.235. The Morgan fingerprint density at radius 1 is 1.05 bits per heavy atom. The topological polar surface area (TPSA) is 53.7 Å². The first-order valence-electron chi connectivity index (χ1n) is 7.00. The standard InChI is InChI=1S/C17H19NO3/c1-3-18(4-2)14-8-5-13(6-9-14)7-10-15-11-12-16(19)17(20)21-15/h5-12,19H,3-4H2,1-2H3/b10-7+. The number of nitrogens with zero attached hydrogens (tertiary/aromatic N) is 1. The molecule has 21 heavy (non-hydrogen) atoms. The normalized spacial score (nSPS) is 11.0. The summed E-state index contributed by atoms with van der Waals surface area (Å²) in [4.78, 5) is 13.5. The van der Waals surface area contributed by atoms with Crippen LogP contribution < -0.4 is 10.5 Å². The van der Waals surface area contributed by atoms with Crippen LogP contribution in [0.4, 0.5) is 5.69 Å². The van der Waals surface area contributed by atoms with Gasteiger partial charge in [0, 0.05) is 18.8 Å². The number of benzene rings is 1. The van der Waals surface area contributed by atoms with E-state index in [1.807, 2.05) is 18.2 Å². The highest BCUT2D eigenvalue weighted by Crippen LogP contribution is 2.16. The van der Waals surface area contributed by atoms with Gasteiger partial charge < -0.3 is 14.4 Å². The summed E-state index contributed by atoms with van der Waals surface area (Å²) in [5, 5.41) is 9.12. The minimum atomic E-state index is -0.728. The zero-order chi connectivity index (χ0) is 15.2. The highest BCUT2D eigenvalue weighted by Gasteiger charge is 2.01. The van der Waals surface area contributed by atoms with Gasteiger partial charge in [-0.3, -0.25) is 0 Å². The smallest absolute Gasteiger partial charge is 0.378 e. The number of rotatable bonds is 5. The van der Waals surface area contributed by atoms with Gasteiger partial charge in [-0.2, -0.15) is 0 Å². The van der Waals surface area contributed by atoms with Crippen molar-refractivity contribution in [1.82, 2.24) is 0 Å². The molecule has 0 unspecified atom stereocenters. The van der Waals surface area contributed by atoms with E-state index in [2.05, 4.69) is 30.9 Å². The number of hydrogen-bond acceptors (Lipinski definition) is 4. The Morgan fingerprint density at radius 2 is 1.71 bits per heavy atom. The fourth-order valence-electron chi connectivity index (χ4n) is 2.08. The molecule has 0 radical (unpaired) electrons. The molecule has 2 rings (SSSR count). The second kappa shape index (κ2) is 6.79. The van der Waals surface area contributed by atoms with E-state index in [1.54, 1.807) is 12.1 Å². The lowest BCUT2D eigenvalue weighted by atomic mass is 10.1. The SMILES string of the molecule is CCN(CC)c1ccc(/C=C/c2ccc(O)c(=O)o2)cc1. The van der Waals surface area contributed by atoms with E-state index in [9.17, 15) is 4.79 Å². The maximum atomic E-state index is 11.2. The van der Waals surface area contributed by atoms with E-state index in [1.165, 1.54) is 11.8 Å². The highest BCUT2D eigenvalue weighted by atomic mass is 16.4. The minimum Gasteiger partial charge on any atom is -0.502 e. The van der Waals surface area contributed by atoms with Crippen LogP contribution >= 0.6 is 0 Å². The van der Waals surface area contributed by atoms with Crippen LogP contribution in [-0.2, 0) is 0 Å². The summed E-state index contributed by atoms with van der Waals surface area (Å²) in [7, 11) is 0. The molecule has 1 aromatic carbocycles. The van der Waals surface area contributed by atoms with E-state index in [0.29, 0.717) is 5.76 Å². The summed E-state index contributed by atoms with van der Waals surface area (Å²) in [6, 6.07) is 11.1. The summed E-state index contributed by atoms with van der Waals surface area (Å²) in [5.74, 6) is 0.0290. The van der Waals surface area contributed by atoms with Gasteiger partial charge in [0.15, 0.2) is 0 Å². The molecular formula is C17H19NO3. The summed E-state index contributed by atoms with van der Waals surface area (Å²) in [6.45, 7) is 6.21. The zero-order valence-corrected chi connectivity index (χ0v) is 12.2. The van der Waals surface area contributed by atoms with E-state index < -0.39 is 5.63 Å². The molecule has 1 aromatic heterocycles. The van der Waals surface area contributed by atoms with Gasteiger partial charge in [0.05, 0.1) is 0 Å². The average Bonchev–Trinajstić information content (AvgIpc) is 2.51. The van der Waals surface area contributed by atoms with Crippen LogP contribution in [0.2, 0.25) is 0 Å². The molecule has 4 heteroatoms. The van der Waals surface area contributed by atoms with Crippen molar-refractivity contribution in [2.75, 3.05) is 18.0 Å². The Hall–Kier alpha value is -2.49.